The molecule has 1 heterocycles. The SMILES string of the molecule is COc1cc(Cc2ccncc2)cc2c1CCC2. The zero-order valence-corrected chi connectivity index (χ0v) is 10.6. The minimum atomic E-state index is 0.951. The van der Waals surface area contributed by atoms with Gasteiger partial charge in [0.2, 0.25) is 0 Å². The van der Waals surface area contributed by atoms with E-state index < -0.39 is 0 Å². The van der Waals surface area contributed by atoms with Gasteiger partial charge >= 0.3 is 0 Å². The molecule has 1 aliphatic rings. The summed E-state index contributed by atoms with van der Waals surface area (Å²) >= 11 is 0. The van der Waals surface area contributed by atoms with Crippen LogP contribution >= 0.6 is 0 Å². The Morgan fingerprint density at radius 2 is 1.94 bits per heavy atom. The van der Waals surface area contributed by atoms with Crippen molar-refractivity contribution in [2.45, 2.75) is 25.7 Å². The molecule has 0 atom stereocenters. The van der Waals surface area contributed by atoms with Crippen LogP contribution in [-0.2, 0) is 19.3 Å². The van der Waals surface area contributed by atoms with Crippen LogP contribution in [0.15, 0.2) is 36.7 Å². The summed E-state index contributed by atoms with van der Waals surface area (Å²) in [5.41, 5.74) is 5.51. The van der Waals surface area contributed by atoms with Crippen molar-refractivity contribution in [1.82, 2.24) is 4.98 Å². The first-order valence-electron chi connectivity index (χ1n) is 6.44. The molecule has 0 saturated heterocycles. The standard InChI is InChI=1S/C16H17NO/c1-18-16-11-13(9-12-5-7-17-8-6-12)10-14-3-2-4-15(14)16/h5-8,10-11H,2-4,9H2,1H3. The summed E-state index contributed by atoms with van der Waals surface area (Å²) < 4.78 is 5.52. The number of benzene rings is 1. The van der Waals surface area contributed by atoms with Gasteiger partial charge in [-0.1, -0.05) is 6.07 Å². The molecule has 0 fully saturated rings. The van der Waals surface area contributed by atoms with Gasteiger partial charge in [0.1, 0.15) is 5.75 Å². The van der Waals surface area contributed by atoms with Crippen molar-refractivity contribution in [2.24, 2.45) is 0 Å². The van der Waals surface area contributed by atoms with Crippen LogP contribution in [0, 0.1) is 0 Å². The third-order valence-corrected chi connectivity index (χ3v) is 3.61. The molecular formula is C16H17NO. The summed E-state index contributed by atoms with van der Waals surface area (Å²) in [6, 6.07) is 8.66. The second-order valence-corrected chi connectivity index (χ2v) is 4.82. The van der Waals surface area contributed by atoms with Crippen molar-refractivity contribution >= 4 is 0 Å². The molecule has 0 bridgehead atoms. The van der Waals surface area contributed by atoms with E-state index in [0.29, 0.717) is 0 Å². The van der Waals surface area contributed by atoms with Crippen LogP contribution in [0.25, 0.3) is 0 Å². The van der Waals surface area contributed by atoms with E-state index in [1.165, 1.54) is 35.1 Å². The predicted octanol–water partition coefficient (Wildman–Crippen LogP) is 3.17. The number of nitrogens with zero attached hydrogens (tertiary/aromatic N) is 1. The Bertz CT molecular complexity index is 549. The first kappa shape index (κ1) is 11.3. The highest BCUT2D eigenvalue weighted by Gasteiger charge is 2.16. The van der Waals surface area contributed by atoms with Gasteiger partial charge in [-0.3, -0.25) is 4.98 Å². The summed E-state index contributed by atoms with van der Waals surface area (Å²) in [5, 5.41) is 0. The smallest absolute Gasteiger partial charge is 0.122 e. The highest BCUT2D eigenvalue weighted by atomic mass is 16.5. The maximum absolute atomic E-state index is 5.52. The monoisotopic (exact) mass is 239 g/mol. The molecule has 0 aliphatic heterocycles. The van der Waals surface area contributed by atoms with Crippen molar-refractivity contribution in [3.8, 4) is 5.75 Å². The summed E-state index contributed by atoms with van der Waals surface area (Å²) in [4.78, 5) is 4.05. The van der Waals surface area contributed by atoms with Crippen LogP contribution in [0.4, 0.5) is 0 Å². The van der Waals surface area contributed by atoms with Crippen molar-refractivity contribution in [3.63, 3.8) is 0 Å². The molecule has 1 aromatic heterocycles. The molecule has 0 N–H and O–H groups in total. The molecule has 0 saturated carbocycles. The molecule has 0 unspecified atom stereocenters. The number of aromatic nitrogens is 1. The fraction of sp³-hybridized carbons (Fsp3) is 0.312. The van der Waals surface area contributed by atoms with Crippen molar-refractivity contribution in [2.75, 3.05) is 7.11 Å². The Morgan fingerprint density at radius 1 is 1.11 bits per heavy atom. The number of rotatable bonds is 3. The maximum atomic E-state index is 5.52. The summed E-state index contributed by atoms with van der Waals surface area (Å²) in [6.45, 7) is 0. The van der Waals surface area contributed by atoms with Gasteiger partial charge in [0, 0.05) is 12.4 Å². The Hall–Kier alpha value is -1.83. The summed E-state index contributed by atoms with van der Waals surface area (Å²) in [7, 11) is 1.77. The van der Waals surface area contributed by atoms with Gasteiger partial charge in [-0.25, -0.2) is 0 Å². The van der Waals surface area contributed by atoms with Crippen molar-refractivity contribution < 1.29 is 4.74 Å². The van der Waals surface area contributed by atoms with Crippen LogP contribution in [0.1, 0.15) is 28.7 Å². The summed E-state index contributed by atoms with van der Waals surface area (Å²) in [6.07, 6.45) is 8.25. The normalized spacial score (nSPS) is 13.4. The molecule has 0 spiro atoms. The lowest BCUT2D eigenvalue weighted by Gasteiger charge is -2.11. The molecule has 92 valence electrons. The number of methoxy groups -OCH3 is 1. The van der Waals surface area contributed by atoms with E-state index in [1.807, 2.05) is 12.4 Å². The number of hydrogen-bond donors (Lipinski definition) is 0. The molecule has 3 rings (SSSR count). The maximum Gasteiger partial charge on any atom is 0.122 e. The number of pyridine rings is 1. The first-order valence-corrected chi connectivity index (χ1v) is 6.44. The van der Waals surface area contributed by atoms with E-state index in [2.05, 4.69) is 29.2 Å². The predicted molar refractivity (Wildman–Crippen MR) is 72.1 cm³/mol. The van der Waals surface area contributed by atoms with E-state index >= 15 is 0 Å². The average Bonchev–Trinajstić information content (AvgIpc) is 2.87. The molecule has 2 heteroatoms. The zero-order valence-electron chi connectivity index (χ0n) is 10.6. The topological polar surface area (TPSA) is 22.1 Å². The first-order chi connectivity index (χ1) is 8.86. The molecule has 18 heavy (non-hydrogen) atoms. The van der Waals surface area contributed by atoms with Crippen LogP contribution in [-0.4, -0.2) is 12.1 Å². The third-order valence-electron chi connectivity index (χ3n) is 3.61. The van der Waals surface area contributed by atoms with E-state index in [0.717, 1.165) is 18.6 Å². The van der Waals surface area contributed by atoms with Gasteiger partial charge in [0.25, 0.3) is 0 Å². The second kappa shape index (κ2) is 4.81. The van der Waals surface area contributed by atoms with Gasteiger partial charge in [-0.2, -0.15) is 0 Å². The highest BCUT2D eigenvalue weighted by molar-refractivity contribution is 5.47. The van der Waals surface area contributed by atoms with Crippen LogP contribution < -0.4 is 4.74 Å². The molecule has 1 aliphatic carbocycles. The van der Waals surface area contributed by atoms with Crippen LogP contribution in [0.3, 0.4) is 0 Å². The van der Waals surface area contributed by atoms with Gasteiger partial charge in [-0.05, 0) is 66.1 Å². The molecular weight excluding hydrogens is 222 g/mol. The third kappa shape index (κ3) is 2.10. The Kier molecular flexibility index (Phi) is 3.01. The zero-order chi connectivity index (χ0) is 12.4. The van der Waals surface area contributed by atoms with Crippen molar-refractivity contribution in [3.05, 3.63) is 58.9 Å². The fourth-order valence-electron chi connectivity index (χ4n) is 2.75. The van der Waals surface area contributed by atoms with E-state index in [-0.39, 0.29) is 0 Å². The van der Waals surface area contributed by atoms with Gasteiger partial charge in [0.05, 0.1) is 7.11 Å². The van der Waals surface area contributed by atoms with E-state index in [9.17, 15) is 0 Å². The minimum Gasteiger partial charge on any atom is -0.496 e. The van der Waals surface area contributed by atoms with Gasteiger partial charge in [0.15, 0.2) is 0 Å². The van der Waals surface area contributed by atoms with Crippen LogP contribution in [0.5, 0.6) is 5.75 Å². The van der Waals surface area contributed by atoms with Crippen LogP contribution in [0.2, 0.25) is 0 Å². The Labute approximate surface area is 108 Å². The second-order valence-electron chi connectivity index (χ2n) is 4.82. The number of fused-ring (bicyclic) bond motifs is 1. The number of ether oxygens (including phenoxy) is 1. The molecule has 2 aromatic rings. The largest absolute Gasteiger partial charge is 0.496 e. The lowest BCUT2D eigenvalue weighted by molar-refractivity contribution is 0.410. The van der Waals surface area contributed by atoms with E-state index in [4.69, 9.17) is 4.74 Å². The quantitative estimate of drug-likeness (QED) is 0.820. The molecule has 0 amide bonds. The lowest BCUT2D eigenvalue weighted by atomic mass is 10.00. The van der Waals surface area contributed by atoms with Gasteiger partial charge < -0.3 is 4.74 Å². The Morgan fingerprint density at radius 3 is 2.72 bits per heavy atom. The molecule has 0 radical (unpaired) electrons. The molecule has 2 nitrogen and oxygen atoms in total. The Balaban J connectivity index is 1.94. The highest BCUT2D eigenvalue weighted by Crippen LogP contribution is 2.32. The minimum absolute atomic E-state index is 0.951. The number of hydrogen-bond acceptors (Lipinski definition) is 2. The molecule has 1 aromatic carbocycles. The fourth-order valence-corrected chi connectivity index (χ4v) is 2.75. The van der Waals surface area contributed by atoms with Crippen molar-refractivity contribution in [1.29, 1.82) is 0 Å². The number of aryl methyl sites for hydroxylation is 1. The van der Waals surface area contributed by atoms with Gasteiger partial charge in [-0.15, -0.1) is 0 Å². The average molecular weight is 239 g/mol. The van der Waals surface area contributed by atoms with E-state index in [1.54, 1.807) is 7.11 Å². The summed E-state index contributed by atoms with van der Waals surface area (Å²) in [5.74, 6) is 1.06. The lowest BCUT2D eigenvalue weighted by Crippen LogP contribution is -1.96.